The molecule has 0 unspecified atom stereocenters. The van der Waals surface area contributed by atoms with Crippen molar-refractivity contribution in [1.29, 1.82) is 0 Å². The molecule has 0 radical (unpaired) electrons. The van der Waals surface area contributed by atoms with E-state index in [0.717, 1.165) is 0 Å². The number of nitro groups is 1. The molecule has 0 aliphatic carbocycles. The molecule has 0 saturated heterocycles. The minimum absolute atomic E-state index is 0.000955. The number of nitro benzene ring substituents is 1. The molecule has 0 spiro atoms. The highest BCUT2D eigenvalue weighted by Crippen LogP contribution is 2.24. The van der Waals surface area contributed by atoms with Crippen LogP contribution in [-0.4, -0.2) is 23.3 Å². The van der Waals surface area contributed by atoms with Crippen LogP contribution in [-0.2, 0) is 9.59 Å². The summed E-state index contributed by atoms with van der Waals surface area (Å²) in [5.74, 6) is -0.466. The average Bonchev–Trinajstić information content (AvgIpc) is 2.55. The fraction of sp³-hybridized carbons (Fsp3) is 0.176. The second-order valence-corrected chi connectivity index (χ2v) is 5.37. The van der Waals surface area contributed by atoms with Gasteiger partial charge in [-0.2, -0.15) is 0 Å². The Morgan fingerprint density at radius 1 is 1.04 bits per heavy atom. The Morgan fingerprint density at radius 2 is 1.64 bits per heavy atom. The molecule has 8 heteroatoms. The molecule has 0 heterocycles. The number of nitrogens with one attached hydrogen (secondary N) is 3. The summed E-state index contributed by atoms with van der Waals surface area (Å²) in [6.07, 6.45) is 0. The summed E-state index contributed by atoms with van der Waals surface area (Å²) in [6, 6.07) is 11.3. The van der Waals surface area contributed by atoms with Gasteiger partial charge in [-0.25, -0.2) is 0 Å². The van der Waals surface area contributed by atoms with E-state index in [1.807, 2.05) is 0 Å². The Kier molecular flexibility index (Phi) is 5.67. The van der Waals surface area contributed by atoms with Crippen molar-refractivity contribution in [3.8, 4) is 0 Å². The summed E-state index contributed by atoms with van der Waals surface area (Å²) in [6.45, 7) is 3.01. The fourth-order valence-electron chi connectivity index (χ4n) is 2.23. The van der Waals surface area contributed by atoms with Gasteiger partial charge in [0.15, 0.2) is 0 Å². The Labute approximate surface area is 144 Å². The first-order valence-corrected chi connectivity index (χ1v) is 7.52. The molecular formula is C17H18N4O4. The summed E-state index contributed by atoms with van der Waals surface area (Å²) in [5, 5.41) is 19.1. The van der Waals surface area contributed by atoms with Gasteiger partial charge in [-0.1, -0.05) is 6.07 Å². The Bertz CT molecular complexity index is 803. The molecule has 25 heavy (non-hydrogen) atoms. The summed E-state index contributed by atoms with van der Waals surface area (Å²) < 4.78 is 0. The van der Waals surface area contributed by atoms with E-state index in [2.05, 4.69) is 16.0 Å². The normalized spacial score (nSPS) is 10.0. The highest BCUT2D eigenvalue weighted by Gasteiger charge is 2.13. The third-order valence-corrected chi connectivity index (χ3v) is 3.43. The molecule has 0 aromatic heterocycles. The zero-order chi connectivity index (χ0) is 18.4. The number of carbonyl (C=O) groups excluding carboxylic acids is 2. The van der Waals surface area contributed by atoms with E-state index < -0.39 is 4.92 Å². The van der Waals surface area contributed by atoms with Gasteiger partial charge in [0.25, 0.3) is 5.69 Å². The summed E-state index contributed by atoms with van der Waals surface area (Å²) >= 11 is 0. The Hall–Kier alpha value is -3.42. The van der Waals surface area contributed by atoms with Gasteiger partial charge in [-0.3, -0.25) is 19.7 Å². The van der Waals surface area contributed by atoms with E-state index in [4.69, 9.17) is 0 Å². The van der Waals surface area contributed by atoms with Crippen molar-refractivity contribution in [1.82, 2.24) is 0 Å². The minimum Gasteiger partial charge on any atom is -0.376 e. The lowest BCUT2D eigenvalue weighted by Gasteiger charge is -2.10. The van der Waals surface area contributed by atoms with Gasteiger partial charge >= 0.3 is 0 Å². The predicted octanol–water partition coefficient (Wildman–Crippen LogP) is 2.91. The van der Waals surface area contributed by atoms with E-state index in [9.17, 15) is 19.7 Å². The number of carbonyl (C=O) groups is 2. The second kappa shape index (κ2) is 7.91. The standard InChI is InChI=1S/C17H18N4O4/c1-11-15(4-3-5-16(11)21(24)25)18-10-17(23)20-14-8-6-13(7-9-14)19-12(2)22/h3-9,18H,10H2,1-2H3,(H,19,22)(H,20,23). The highest BCUT2D eigenvalue weighted by molar-refractivity contribution is 5.94. The molecule has 2 aromatic carbocycles. The summed E-state index contributed by atoms with van der Waals surface area (Å²) in [5.41, 5.74) is 2.22. The van der Waals surface area contributed by atoms with Gasteiger partial charge in [-0.15, -0.1) is 0 Å². The van der Waals surface area contributed by atoms with E-state index >= 15 is 0 Å². The van der Waals surface area contributed by atoms with Crippen molar-refractivity contribution in [2.45, 2.75) is 13.8 Å². The minimum atomic E-state index is -0.461. The molecule has 0 saturated carbocycles. The Morgan fingerprint density at radius 3 is 2.20 bits per heavy atom. The number of hydrogen-bond acceptors (Lipinski definition) is 5. The molecular weight excluding hydrogens is 324 g/mol. The van der Waals surface area contributed by atoms with Gasteiger partial charge < -0.3 is 16.0 Å². The maximum Gasteiger partial charge on any atom is 0.274 e. The SMILES string of the molecule is CC(=O)Nc1ccc(NC(=O)CNc2cccc([N+](=O)[O-])c2C)cc1. The van der Waals surface area contributed by atoms with Crippen molar-refractivity contribution in [3.63, 3.8) is 0 Å². The first-order chi connectivity index (χ1) is 11.9. The van der Waals surface area contributed by atoms with Crippen LogP contribution in [0.1, 0.15) is 12.5 Å². The molecule has 0 fully saturated rings. The van der Waals surface area contributed by atoms with Crippen LogP contribution in [0.2, 0.25) is 0 Å². The van der Waals surface area contributed by atoms with Crippen LogP contribution in [0.15, 0.2) is 42.5 Å². The van der Waals surface area contributed by atoms with Crippen molar-refractivity contribution in [2.75, 3.05) is 22.5 Å². The van der Waals surface area contributed by atoms with Crippen LogP contribution in [0.4, 0.5) is 22.7 Å². The van der Waals surface area contributed by atoms with Crippen LogP contribution < -0.4 is 16.0 Å². The van der Waals surface area contributed by atoms with Crippen LogP contribution in [0.5, 0.6) is 0 Å². The quantitative estimate of drug-likeness (QED) is 0.552. The molecule has 0 bridgehead atoms. The number of rotatable bonds is 6. The van der Waals surface area contributed by atoms with Gasteiger partial charge in [0.1, 0.15) is 0 Å². The van der Waals surface area contributed by atoms with Crippen LogP contribution in [0, 0.1) is 17.0 Å². The molecule has 2 rings (SSSR count). The molecule has 3 N–H and O–H groups in total. The van der Waals surface area contributed by atoms with Crippen LogP contribution >= 0.6 is 0 Å². The third-order valence-electron chi connectivity index (χ3n) is 3.43. The molecule has 2 aromatic rings. The van der Waals surface area contributed by atoms with Gasteiger partial charge in [0, 0.05) is 35.6 Å². The highest BCUT2D eigenvalue weighted by atomic mass is 16.6. The lowest BCUT2D eigenvalue weighted by molar-refractivity contribution is -0.385. The van der Waals surface area contributed by atoms with Crippen LogP contribution in [0.25, 0.3) is 0 Å². The lowest BCUT2D eigenvalue weighted by Crippen LogP contribution is -2.22. The largest absolute Gasteiger partial charge is 0.376 e. The summed E-state index contributed by atoms with van der Waals surface area (Å²) in [4.78, 5) is 33.4. The van der Waals surface area contributed by atoms with E-state index in [1.54, 1.807) is 43.3 Å². The number of nitrogens with zero attached hydrogens (tertiary/aromatic N) is 1. The van der Waals surface area contributed by atoms with Crippen molar-refractivity contribution >= 4 is 34.6 Å². The molecule has 8 nitrogen and oxygen atoms in total. The van der Waals surface area contributed by atoms with Crippen molar-refractivity contribution in [3.05, 3.63) is 58.1 Å². The maximum atomic E-state index is 12.0. The first kappa shape index (κ1) is 17.9. The van der Waals surface area contributed by atoms with Gasteiger partial charge in [0.05, 0.1) is 11.5 Å². The molecule has 130 valence electrons. The van der Waals surface area contributed by atoms with E-state index in [1.165, 1.54) is 13.0 Å². The Balaban J connectivity index is 1.94. The lowest BCUT2D eigenvalue weighted by atomic mass is 10.1. The third kappa shape index (κ3) is 5.03. The smallest absolute Gasteiger partial charge is 0.274 e. The zero-order valence-corrected chi connectivity index (χ0v) is 13.8. The number of hydrogen-bond donors (Lipinski definition) is 3. The number of amides is 2. The van der Waals surface area contributed by atoms with Crippen molar-refractivity contribution in [2.24, 2.45) is 0 Å². The van der Waals surface area contributed by atoms with Crippen LogP contribution in [0.3, 0.4) is 0 Å². The fourth-order valence-corrected chi connectivity index (χ4v) is 2.23. The second-order valence-electron chi connectivity index (χ2n) is 5.37. The topological polar surface area (TPSA) is 113 Å². The first-order valence-electron chi connectivity index (χ1n) is 7.52. The predicted molar refractivity (Wildman–Crippen MR) is 95.7 cm³/mol. The van der Waals surface area contributed by atoms with Gasteiger partial charge in [0.2, 0.25) is 11.8 Å². The monoisotopic (exact) mass is 342 g/mol. The zero-order valence-electron chi connectivity index (χ0n) is 13.8. The number of anilines is 3. The van der Waals surface area contributed by atoms with Gasteiger partial charge in [-0.05, 0) is 37.3 Å². The van der Waals surface area contributed by atoms with E-state index in [-0.39, 0.29) is 24.0 Å². The maximum absolute atomic E-state index is 12.0. The molecule has 2 amide bonds. The molecule has 0 aliphatic heterocycles. The molecule has 0 aliphatic rings. The summed E-state index contributed by atoms with van der Waals surface area (Å²) in [7, 11) is 0. The van der Waals surface area contributed by atoms with Crippen molar-refractivity contribution < 1.29 is 14.5 Å². The molecule has 0 atom stereocenters. The number of benzene rings is 2. The van der Waals surface area contributed by atoms with E-state index in [0.29, 0.717) is 22.6 Å². The average molecular weight is 342 g/mol.